The molecule has 2 bridgehead atoms. The summed E-state index contributed by atoms with van der Waals surface area (Å²) in [6.45, 7) is 9.78. The zero-order valence-corrected chi connectivity index (χ0v) is 20.8. The molecule has 0 fully saturated rings. The van der Waals surface area contributed by atoms with Crippen molar-refractivity contribution in [3.8, 4) is 11.3 Å². The molecule has 1 aromatic carbocycles. The van der Waals surface area contributed by atoms with Crippen LogP contribution in [0.2, 0.25) is 25.7 Å². The molecule has 8 nitrogen and oxygen atoms in total. The number of allylic oxidation sites excluding steroid dienone is 1. The summed E-state index contributed by atoms with van der Waals surface area (Å²) in [6.07, 6.45) is 5.37. The van der Waals surface area contributed by atoms with Gasteiger partial charge in [-0.2, -0.15) is 0 Å². The minimum atomic E-state index is -1.23. The van der Waals surface area contributed by atoms with E-state index in [1.54, 1.807) is 0 Å². The van der Waals surface area contributed by atoms with E-state index in [2.05, 4.69) is 30.3 Å². The van der Waals surface area contributed by atoms with Gasteiger partial charge in [0.05, 0.1) is 17.4 Å². The van der Waals surface area contributed by atoms with Crippen LogP contribution in [0.3, 0.4) is 0 Å². The number of ether oxygens (including phenoxy) is 1. The molecule has 1 aliphatic heterocycles. The van der Waals surface area contributed by atoms with Gasteiger partial charge in [-0.1, -0.05) is 56.9 Å². The Bertz CT molecular complexity index is 1010. The van der Waals surface area contributed by atoms with Crippen molar-refractivity contribution in [3.05, 3.63) is 48.4 Å². The number of aromatic nitrogens is 2. The smallest absolute Gasteiger partial charge is 0.405 e. The first kappa shape index (κ1) is 24.7. The Kier molecular flexibility index (Phi) is 8.09. The number of amides is 2. The molecule has 3 N–H and O–H groups in total. The molecule has 9 heteroatoms. The highest BCUT2D eigenvalue weighted by atomic mass is 28.3. The molecular formula is C24H34N4O4Si. The van der Waals surface area contributed by atoms with Crippen LogP contribution in [0.25, 0.3) is 11.3 Å². The van der Waals surface area contributed by atoms with E-state index in [1.165, 1.54) is 0 Å². The molecular weight excluding hydrogens is 436 g/mol. The van der Waals surface area contributed by atoms with Crippen LogP contribution in [0, 0.1) is 5.92 Å². The zero-order chi connectivity index (χ0) is 24.0. The van der Waals surface area contributed by atoms with Gasteiger partial charge in [0, 0.05) is 32.9 Å². The van der Waals surface area contributed by atoms with Gasteiger partial charge in [-0.15, -0.1) is 0 Å². The fourth-order valence-electron chi connectivity index (χ4n) is 3.68. The van der Waals surface area contributed by atoms with E-state index in [0.717, 1.165) is 11.6 Å². The number of carbonyl (C=O) groups excluding carboxylic acids is 1. The molecule has 0 saturated carbocycles. The molecule has 178 valence electrons. The van der Waals surface area contributed by atoms with E-state index in [0.29, 0.717) is 36.7 Å². The average Bonchev–Trinajstić information content (AvgIpc) is 3.13. The molecule has 2 atom stereocenters. The summed E-state index contributed by atoms with van der Waals surface area (Å²) < 4.78 is 7.83. The molecule has 0 aliphatic carbocycles. The van der Waals surface area contributed by atoms with Crippen molar-refractivity contribution in [3.63, 3.8) is 0 Å². The van der Waals surface area contributed by atoms with E-state index in [9.17, 15) is 14.7 Å². The van der Waals surface area contributed by atoms with Crippen molar-refractivity contribution in [2.75, 3.05) is 11.9 Å². The molecule has 2 unspecified atom stereocenters. The van der Waals surface area contributed by atoms with Gasteiger partial charge in [-0.3, -0.25) is 4.79 Å². The lowest BCUT2D eigenvalue weighted by Gasteiger charge is -2.19. The third-order valence-electron chi connectivity index (χ3n) is 5.46. The van der Waals surface area contributed by atoms with Crippen LogP contribution < -0.4 is 10.6 Å². The first-order valence-corrected chi connectivity index (χ1v) is 15.0. The van der Waals surface area contributed by atoms with Gasteiger partial charge in [0.1, 0.15) is 12.6 Å². The van der Waals surface area contributed by atoms with Crippen LogP contribution in [0.1, 0.15) is 31.6 Å². The van der Waals surface area contributed by atoms with E-state index >= 15 is 0 Å². The maximum atomic E-state index is 12.6. The Morgan fingerprint density at radius 2 is 2.09 bits per heavy atom. The fraction of sp³-hybridized carbons (Fsp3) is 0.458. The highest BCUT2D eigenvalue weighted by molar-refractivity contribution is 6.76. The third-order valence-corrected chi connectivity index (χ3v) is 7.17. The Hall–Kier alpha value is -2.91. The number of imidazole rings is 1. The predicted molar refractivity (Wildman–Crippen MR) is 132 cm³/mol. The van der Waals surface area contributed by atoms with Crippen LogP contribution in [0.4, 0.5) is 10.5 Å². The van der Waals surface area contributed by atoms with Gasteiger partial charge in [0.2, 0.25) is 5.91 Å². The van der Waals surface area contributed by atoms with Gasteiger partial charge in [-0.25, -0.2) is 9.78 Å². The van der Waals surface area contributed by atoms with Crippen LogP contribution in [-0.4, -0.2) is 41.3 Å². The number of hydrogen-bond acceptors (Lipinski definition) is 4. The number of carboxylic acid groups (broad SMARTS) is 1. The third kappa shape index (κ3) is 7.30. The first-order chi connectivity index (χ1) is 15.6. The fourth-order valence-corrected chi connectivity index (χ4v) is 4.44. The van der Waals surface area contributed by atoms with Gasteiger partial charge >= 0.3 is 6.09 Å². The number of para-hydroxylation sites is 1. The second-order valence-electron chi connectivity index (χ2n) is 9.74. The minimum Gasteiger partial charge on any atom is -0.465 e. The van der Waals surface area contributed by atoms with Gasteiger partial charge in [0.25, 0.3) is 0 Å². The minimum absolute atomic E-state index is 0.0164. The largest absolute Gasteiger partial charge is 0.465 e. The van der Waals surface area contributed by atoms with Crippen molar-refractivity contribution < 1.29 is 19.4 Å². The second kappa shape index (κ2) is 10.8. The topological polar surface area (TPSA) is 105 Å². The zero-order valence-electron chi connectivity index (χ0n) is 19.8. The number of hydrogen-bond donors (Lipinski definition) is 3. The maximum absolute atomic E-state index is 12.6. The summed E-state index contributed by atoms with van der Waals surface area (Å²) >= 11 is 0. The molecule has 2 amide bonds. The molecule has 2 aromatic rings. The highest BCUT2D eigenvalue weighted by Gasteiger charge is 2.23. The monoisotopic (exact) mass is 470 g/mol. The number of carbonyl (C=O) groups is 2. The van der Waals surface area contributed by atoms with E-state index < -0.39 is 20.2 Å². The van der Waals surface area contributed by atoms with Crippen LogP contribution in [0.5, 0.6) is 0 Å². The van der Waals surface area contributed by atoms with E-state index in [4.69, 9.17) is 9.72 Å². The summed E-state index contributed by atoms with van der Waals surface area (Å²) in [5.41, 5.74) is 2.11. The lowest BCUT2D eigenvalue weighted by Crippen LogP contribution is -2.29. The SMILES string of the molecule is CC1/C=C/CC(NC(=O)O)c2nc(cn2COCC[Si](C)(C)C)-c2ccccc2NC(=O)C1. The van der Waals surface area contributed by atoms with Gasteiger partial charge in [0.15, 0.2) is 0 Å². The van der Waals surface area contributed by atoms with Gasteiger partial charge in [-0.05, 0) is 24.4 Å². The number of nitrogens with one attached hydrogen (secondary N) is 2. The molecule has 33 heavy (non-hydrogen) atoms. The summed E-state index contributed by atoms with van der Waals surface area (Å²) in [5, 5.41) is 15.1. The van der Waals surface area contributed by atoms with Crippen molar-refractivity contribution >= 4 is 25.8 Å². The summed E-state index contributed by atoms with van der Waals surface area (Å²) in [6, 6.07) is 8.01. The van der Waals surface area contributed by atoms with Crippen LogP contribution >= 0.6 is 0 Å². The number of benzene rings is 1. The molecule has 3 rings (SSSR count). The quantitative estimate of drug-likeness (QED) is 0.310. The number of rotatable bonds is 6. The summed E-state index contributed by atoms with van der Waals surface area (Å²) in [4.78, 5) is 28.9. The Morgan fingerprint density at radius 1 is 1.33 bits per heavy atom. The van der Waals surface area contributed by atoms with Crippen molar-refractivity contribution in [2.24, 2.45) is 5.92 Å². The van der Waals surface area contributed by atoms with Crippen LogP contribution in [0.15, 0.2) is 42.6 Å². The lowest BCUT2D eigenvalue weighted by molar-refractivity contribution is -0.116. The average molecular weight is 471 g/mol. The van der Waals surface area contributed by atoms with Crippen molar-refractivity contribution in [1.29, 1.82) is 0 Å². The van der Waals surface area contributed by atoms with Crippen molar-refractivity contribution in [2.45, 2.75) is 58.2 Å². The van der Waals surface area contributed by atoms with E-state index in [1.807, 2.05) is 54.1 Å². The summed E-state index contributed by atoms with van der Waals surface area (Å²) in [7, 11) is -1.23. The molecule has 2 heterocycles. The Balaban J connectivity index is 2.01. The van der Waals surface area contributed by atoms with E-state index in [-0.39, 0.29) is 18.6 Å². The normalized spacial score (nSPS) is 19.9. The molecule has 0 radical (unpaired) electrons. The lowest BCUT2D eigenvalue weighted by atomic mass is 10.0. The number of fused-ring (bicyclic) bond motifs is 4. The highest BCUT2D eigenvalue weighted by Crippen LogP contribution is 2.30. The Labute approximate surface area is 196 Å². The number of nitrogens with zero attached hydrogens (tertiary/aromatic N) is 2. The first-order valence-electron chi connectivity index (χ1n) is 11.3. The molecule has 1 aliphatic rings. The predicted octanol–water partition coefficient (Wildman–Crippen LogP) is 5.10. The van der Waals surface area contributed by atoms with Crippen LogP contribution in [-0.2, 0) is 16.3 Å². The van der Waals surface area contributed by atoms with Gasteiger partial charge < -0.3 is 25.0 Å². The second-order valence-corrected chi connectivity index (χ2v) is 15.4. The molecule has 0 spiro atoms. The molecule has 1 aromatic heterocycles. The molecule has 0 saturated heterocycles. The maximum Gasteiger partial charge on any atom is 0.405 e. The standard InChI is InChI=1S/C24H34N4O4Si/c1-17-8-7-11-20(27-24(30)31)23-26-21(15-28(23)16-32-12-13-33(2,3)4)18-9-5-6-10-19(18)25-22(29)14-17/h5-10,15,17,20,27H,11-14,16H2,1-4H3,(H,25,29)(H,30,31)/b8-7+. The summed E-state index contributed by atoms with van der Waals surface area (Å²) in [5.74, 6) is 0.522. The van der Waals surface area contributed by atoms with Crippen molar-refractivity contribution in [1.82, 2.24) is 14.9 Å². The Morgan fingerprint density at radius 3 is 2.82 bits per heavy atom. The number of anilines is 1.